The number of carbonyl (C=O) groups excluding carboxylic acids is 1. The number of para-hydroxylation sites is 1. The van der Waals surface area contributed by atoms with E-state index in [0.717, 1.165) is 54.4 Å². The number of amides is 1. The molecule has 1 aliphatic heterocycles. The zero-order valence-corrected chi connectivity index (χ0v) is 16.0. The lowest BCUT2D eigenvalue weighted by atomic mass is 10.1. The quantitative estimate of drug-likeness (QED) is 0.711. The maximum absolute atomic E-state index is 11.5. The lowest BCUT2D eigenvalue weighted by Gasteiger charge is -2.22. The minimum atomic E-state index is 0.156. The van der Waals surface area contributed by atoms with Crippen LogP contribution in [0.5, 0.6) is 0 Å². The van der Waals surface area contributed by atoms with Crippen LogP contribution < -0.4 is 4.90 Å². The zero-order valence-electron chi connectivity index (χ0n) is 16.0. The van der Waals surface area contributed by atoms with Gasteiger partial charge in [0.25, 0.3) is 0 Å². The second kappa shape index (κ2) is 6.98. The van der Waals surface area contributed by atoms with Gasteiger partial charge in [-0.3, -0.25) is 9.36 Å². The van der Waals surface area contributed by atoms with E-state index in [-0.39, 0.29) is 5.91 Å². The lowest BCUT2D eigenvalue weighted by molar-refractivity contribution is -0.127. The van der Waals surface area contributed by atoms with Crippen LogP contribution in [0.2, 0.25) is 0 Å². The van der Waals surface area contributed by atoms with Gasteiger partial charge in [0.2, 0.25) is 11.9 Å². The molecule has 1 unspecified atom stereocenters. The summed E-state index contributed by atoms with van der Waals surface area (Å²) < 4.78 is 1.98. The molecule has 3 heterocycles. The first kappa shape index (κ1) is 17.5. The van der Waals surface area contributed by atoms with Crippen LogP contribution in [-0.4, -0.2) is 57.2 Å². The summed E-state index contributed by atoms with van der Waals surface area (Å²) in [5.74, 6) is 2.17. The maximum Gasteiger partial charge on any atom is 0.227 e. The van der Waals surface area contributed by atoms with Crippen molar-refractivity contribution in [3.63, 3.8) is 0 Å². The SMILES string of the molecule is CC(=O)N1CCC(CN(C)c2nnc(-c3ccc4ccccc4n3)n2C)C1. The van der Waals surface area contributed by atoms with Gasteiger partial charge in [0.1, 0.15) is 5.69 Å². The third-order valence-electron chi connectivity index (χ3n) is 5.28. The molecular weight excluding hydrogens is 340 g/mol. The first-order valence-electron chi connectivity index (χ1n) is 9.25. The van der Waals surface area contributed by atoms with Crippen LogP contribution in [0.1, 0.15) is 13.3 Å². The number of rotatable bonds is 4. The molecular formula is C20H24N6O. The van der Waals surface area contributed by atoms with Crippen molar-refractivity contribution in [3.8, 4) is 11.5 Å². The monoisotopic (exact) mass is 364 g/mol. The van der Waals surface area contributed by atoms with Crippen LogP contribution in [0.3, 0.4) is 0 Å². The molecule has 7 nitrogen and oxygen atoms in total. The van der Waals surface area contributed by atoms with Gasteiger partial charge >= 0.3 is 0 Å². The predicted molar refractivity (Wildman–Crippen MR) is 105 cm³/mol. The summed E-state index contributed by atoms with van der Waals surface area (Å²) >= 11 is 0. The maximum atomic E-state index is 11.5. The van der Waals surface area contributed by atoms with E-state index < -0.39 is 0 Å². The highest BCUT2D eigenvalue weighted by Crippen LogP contribution is 2.24. The molecule has 4 rings (SSSR count). The summed E-state index contributed by atoms with van der Waals surface area (Å²) in [4.78, 5) is 20.3. The normalized spacial score (nSPS) is 16.9. The van der Waals surface area contributed by atoms with Gasteiger partial charge in [-0.05, 0) is 24.5 Å². The van der Waals surface area contributed by atoms with Crippen molar-refractivity contribution in [3.05, 3.63) is 36.4 Å². The Balaban J connectivity index is 1.53. The molecule has 7 heteroatoms. The van der Waals surface area contributed by atoms with Crippen LogP contribution in [0.25, 0.3) is 22.4 Å². The fraction of sp³-hybridized carbons (Fsp3) is 0.400. The van der Waals surface area contributed by atoms with E-state index in [2.05, 4.69) is 21.2 Å². The van der Waals surface area contributed by atoms with Crippen LogP contribution in [0, 0.1) is 5.92 Å². The fourth-order valence-corrected chi connectivity index (χ4v) is 3.80. The summed E-state index contributed by atoms with van der Waals surface area (Å²) in [6.07, 6.45) is 1.03. The Kier molecular flexibility index (Phi) is 4.51. The second-order valence-electron chi connectivity index (χ2n) is 7.27. The Bertz CT molecular complexity index is 982. The number of pyridine rings is 1. The van der Waals surface area contributed by atoms with E-state index in [4.69, 9.17) is 4.98 Å². The number of fused-ring (bicyclic) bond motifs is 1. The van der Waals surface area contributed by atoms with Crippen LogP contribution in [0.4, 0.5) is 5.95 Å². The van der Waals surface area contributed by atoms with Crippen molar-refractivity contribution in [1.82, 2.24) is 24.6 Å². The molecule has 27 heavy (non-hydrogen) atoms. The van der Waals surface area contributed by atoms with E-state index in [9.17, 15) is 4.79 Å². The van der Waals surface area contributed by atoms with Gasteiger partial charge in [-0.2, -0.15) is 0 Å². The molecule has 3 aromatic rings. The molecule has 1 amide bonds. The highest BCUT2D eigenvalue weighted by Gasteiger charge is 2.26. The van der Waals surface area contributed by atoms with Gasteiger partial charge in [-0.1, -0.05) is 24.3 Å². The standard InChI is InChI=1S/C20H24N6O/c1-14(27)26-11-10-15(13-26)12-24(2)20-23-22-19(25(20)3)18-9-8-16-6-4-5-7-17(16)21-18/h4-9,15H,10-13H2,1-3H3. The molecule has 1 atom stereocenters. The molecule has 0 aliphatic carbocycles. The number of likely N-dealkylation sites (tertiary alicyclic amines) is 1. The van der Waals surface area contributed by atoms with Gasteiger partial charge < -0.3 is 9.80 Å². The van der Waals surface area contributed by atoms with E-state index in [1.54, 1.807) is 6.92 Å². The van der Waals surface area contributed by atoms with Crippen molar-refractivity contribution < 1.29 is 4.79 Å². The van der Waals surface area contributed by atoms with Crippen molar-refractivity contribution >= 4 is 22.8 Å². The number of hydrogen-bond donors (Lipinski definition) is 0. The summed E-state index contributed by atoms with van der Waals surface area (Å²) in [6.45, 7) is 4.15. The summed E-state index contributed by atoms with van der Waals surface area (Å²) in [5.41, 5.74) is 1.76. The topological polar surface area (TPSA) is 67.2 Å². The highest BCUT2D eigenvalue weighted by atomic mass is 16.2. The molecule has 1 aromatic carbocycles. The van der Waals surface area contributed by atoms with E-state index in [0.29, 0.717) is 5.92 Å². The highest BCUT2D eigenvalue weighted by molar-refractivity contribution is 5.80. The Hall–Kier alpha value is -2.96. The molecule has 1 saturated heterocycles. The van der Waals surface area contributed by atoms with E-state index in [1.807, 2.05) is 53.9 Å². The Morgan fingerprint density at radius 3 is 2.81 bits per heavy atom. The second-order valence-corrected chi connectivity index (χ2v) is 7.27. The largest absolute Gasteiger partial charge is 0.344 e. The number of benzene rings is 1. The number of anilines is 1. The van der Waals surface area contributed by atoms with Crippen LogP contribution in [0.15, 0.2) is 36.4 Å². The first-order valence-corrected chi connectivity index (χ1v) is 9.25. The van der Waals surface area contributed by atoms with Gasteiger partial charge in [0.05, 0.1) is 5.52 Å². The molecule has 0 radical (unpaired) electrons. The van der Waals surface area contributed by atoms with Gasteiger partial charge in [-0.15, -0.1) is 10.2 Å². The fourth-order valence-electron chi connectivity index (χ4n) is 3.80. The third-order valence-corrected chi connectivity index (χ3v) is 5.28. The van der Waals surface area contributed by atoms with Crippen molar-refractivity contribution in [2.75, 3.05) is 31.6 Å². The molecule has 0 saturated carbocycles. The number of aromatic nitrogens is 4. The summed E-state index contributed by atoms with van der Waals surface area (Å²) in [6, 6.07) is 12.1. The Morgan fingerprint density at radius 2 is 2.04 bits per heavy atom. The smallest absolute Gasteiger partial charge is 0.227 e. The number of nitrogens with zero attached hydrogens (tertiary/aromatic N) is 6. The molecule has 1 fully saturated rings. The average Bonchev–Trinajstić information content (AvgIpc) is 3.28. The number of carbonyl (C=O) groups is 1. The summed E-state index contributed by atoms with van der Waals surface area (Å²) in [7, 11) is 3.99. The van der Waals surface area contributed by atoms with Gasteiger partial charge in [0, 0.05) is 46.0 Å². The van der Waals surface area contributed by atoms with Crippen molar-refractivity contribution in [1.29, 1.82) is 0 Å². The minimum absolute atomic E-state index is 0.156. The lowest BCUT2D eigenvalue weighted by Crippen LogP contribution is -2.31. The Labute approximate surface area is 158 Å². The molecule has 140 valence electrons. The molecule has 0 bridgehead atoms. The van der Waals surface area contributed by atoms with Crippen LogP contribution in [-0.2, 0) is 11.8 Å². The van der Waals surface area contributed by atoms with Crippen molar-refractivity contribution in [2.24, 2.45) is 13.0 Å². The average molecular weight is 364 g/mol. The van der Waals surface area contributed by atoms with E-state index in [1.165, 1.54) is 0 Å². The molecule has 0 spiro atoms. The predicted octanol–water partition coefficient (Wildman–Crippen LogP) is 2.33. The van der Waals surface area contributed by atoms with Gasteiger partial charge in [0.15, 0.2) is 5.82 Å². The van der Waals surface area contributed by atoms with E-state index >= 15 is 0 Å². The van der Waals surface area contributed by atoms with Crippen LogP contribution >= 0.6 is 0 Å². The zero-order chi connectivity index (χ0) is 19.0. The molecule has 1 aliphatic rings. The first-order chi connectivity index (χ1) is 13.0. The minimum Gasteiger partial charge on any atom is -0.344 e. The number of hydrogen-bond acceptors (Lipinski definition) is 5. The van der Waals surface area contributed by atoms with Gasteiger partial charge in [-0.25, -0.2) is 4.98 Å². The molecule has 0 N–H and O–H groups in total. The third kappa shape index (κ3) is 3.37. The summed E-state index contributed by atoms with van der Waals surface area (Å²) in [5, 5.41) is 9.87. The van der Waals surface area contributed by atoms with Crippen molar-refractivity contribution in [2.45, 2.75) is 13.3 Å². The Morgan fingerprint density at radius 1 is 1.22 bits per heavy atom. The molecule has 2 aromatic heterocycles.